The molecule has 14 heavy (non-hydrogen) atoms. The summed E-state index contributed by atoms with van der Waals surface area (Å²) >= 11 is -3.35. The Morgan fingerprint density at radius 2 is 1.43 bits per heavy atom. The van der Waals surface area contributed by atoms with Gasteiger partial charge in [0.2, 0.25) is 0 Å². The van der Waals surface area contributed by atoms with Crippen molar-refractivity contribution >= 4 is 11.1 Å². The summed E-state index contributed by atoms with van der Waals surface area (Å²) in [6.07, 6.45) is 0. The molecule has 0 radical (unpaired) electrons. The summed E-state index contributed by atoms with van der Waals surface area (Å²) in [4.78, 5) is -1.63. The van der Waals surface area contributed by atoms with Gasteiger partial charge in [-0.3, -0.25) is 4.21 Å². The predicted molar refractivity (Wildman–Crippen MR) is 33.5 cm³/mol. The van der Waals surface area contributed by atoms with E-state index in [-0.39, 0.29) is 35.6 Å². The van der Waals surface area contributed by atoms with Crippen LogP contribution in [-0.2, 0) is 11.1 Å². The van der Waals surface area contributed by atoms with E-state index in [1.807, 2.05) is 0 Å². The van der Waals surface area contributed by atoms with Crippen molar-refractivity contribution < 1.29 is 55.9 Å². The van der Waals surface area contributed by atoms with Crippen molar-refractivity contribution in [1.82, 2.24) is 0 Å². The van der Waals surface area contributed by atoms with Gasteiger partial charge in [-0.2, -0.15) is 0 Å². The molecule has 72 valence electrons. The fourth-order valence-corrected chi connectivity index (χ4v) is 1.19. The van der Waals surface area contributed by atoms with Crippen LogP contribution in [0.15, 0.2) is 11.0 Å². The minimum absolute atomic E-state index is 0. The summed E-state index contributed by atoms with van der Waals surface area (Å²) in [5.74, 6) is -7.35. The number of hydrogen-bond acceptors (Lipinski definition) is 2. The first-order valence-electron chi connectivity index (χ1n) is 2.87. The summed E-state index contributed by atoms with van der Waals surface area (Å²) in [5, 5.41) is 0. The van der Waals surface area contributed by atoms with Gasteiger partial charge in [0, 0.05) is 6.07 Å². The topological polar surface area (TPSA) is 40.1 Å². The molecule has 8 heteroatoms. The molecule has 0 bridgehead atoms. The van der Waals surface area contributed by atoms with Crippen molar-refractivity contribution in [2.24, 2.45) is 0 Å². The van der Waals surface area contributed by atoms with Gasteiger partial charge in [-0.15, -0.1) is 0 Å². The van der Waals surface area contributed by atoms with Crippen LogP contribution in [0.25, 0.3) is 0 Å². The average Bonchev–Trinajstić information content (AvgIpc) is 2.01. The van der Waals surface area contributed by atoms with Crippen molar-refractivity contribution in [3.63, 3.8) is 0 Å². The first kappa shape index (κ1) is 14.1. The molecule has 0 saturated heterocycles. The molecule has 0 amide bonds. The molecule has 0 aliphatic rings. The van der Waals surface area contributed by atoms with Crippen LogP contribution in [0.5, 0.6) is 0 Å². The Morgan fingerprint density at radius 1 is 1.07 bits per heavy atom. The van der Waals surface area contributed by atoms with Crippen LogP contribution < -0.4 is 29.6 Å². The molecule has 0 aliphatic heterocycles. The summed E-state index contributed by atoms with van der Waals surface area (Å²) in [5.41, 5.74) is 0. The van der Waals surface area contributed by atoms with E-state index < -0.39 is 39.2 Å². The molecule has 1 rings (SSSR count). The zero-order valence-electron chi connectivity index (χ0n) is 6.81. The van der Waals surface area contributed by atoms with Crippen LogP contribution in [0.2, 0.25) is 0 Å². The Morgan fingerprint density at radius 3 is 1.71 bits per heavy atom. The second-order valence-corrected chi connectivity index (χ2v) is 2.91. The normalized spacial score (nSPS) is 12.1. The Labute approximate surface area is 101 Å². The van der Waals surface area contributed by atoms with Crippen molar-refractivity contribution in [2.45, 2.75) is 4.90 Å². The number of hydrogen-bond donors (Lipinski definition) is 0. The molecule has 1 aromatic rings. The molecule has 1 unspecified atom stereocenters. The van der Waals surface area contributed by atoms with Gasteiger partial charge in [-0.05, 0) is 11.1 Å². The van der Waals surface area contributed by atoms with Gasteiger partial charge in [0.25, 0.3) is 0 Å². The SMILES string of the molecule is O=S([O-])c1c(F)c(F)cc(F)c1F.[Na+]. The number of halogens is 4. The van der Waals surface area contributed by atoms with Crippen LogP contribution in [0.3, 0.4) is 0 Å². The third kappa shape index (κ3) is 2.54. The standard InChI is InChI=1S/C6H2F4O2S.Na/c7-2-1-3(8)5(10)6(4(2)9)13(11)12;/h1H,(H,11,12);/q;+1/p-1. The minimum atomic E-state index is -3.35. The second-order valence-electron chi connectivity index (χ2n) is 2.03. The number of benzene rings is 1. The van der Waals surface area contributed by atoms with E-state index in [1.54, 1.807) is 0 Å². The van der Waals surface area contributed by atoms with Crippen LogP contribution >= 0.6 is 0 Å². The first-order valence-corrected chi connectivity index (χ1v) is 3.95. The van der Waals surface area contributed by atoms with Crippen molar-refractivity contribution in [3.05, 3.63) is 29.3 Å². The molecule has 0 saturated carbocycles. The van der Waals surface area contributed by atoms with E-state index in [4.69, 9.17) is 0 Å². The van der Waals surface area contributed by atoms with E-state index in [9.17, 15) is 26.3 Å². The van der Waals surface area contributed by atoms with Crippen molar-refractivity contribution in [1.29, 1.82) is 0 Å². The van der Waals surface area contributed by atoms with E-state index in [1.165, 1.54) is 0 Å². The molecule has 2 nitrogen and oxygen atoms in total. The van der Waals surface area contributed by atoms with Crippen LogP contribution in [0, 0.1) is 23.3 Å². The van der Waals surface area contributed by atoms with E-state index in [2.05, 4.69) is 0 Å². The van der Waals surface area contributed by atoms with Gasteiger partial charge in [0.1, 0.15) is 4.90 Å². The Bertz CT molecular complexity index is 358. The first-order chi connectivity index (χ1) is 5.95. The minimum Gasteiger partial charge on any atom is -0.768 e. The fourth-order valence-electron chi connectivity index (χ4n) is 0.698. The van der Waals surface area contributed by atoms with E-state index >= 15 is 0 Å². The maximum absolute atomic E-state index is 12.5. The summed E-state index contributed by atoms with van der Waals surface area (Å²) in [7, 11) is 0. The summed E-state index contributed by atoms with van der Waals surface area (Å²) < 4.78 is 70.0. The largest absolute Gasteiger partial charge is 1.00 e. The van der Waals surface area contributed by atoms with E-state index in [0.717, 1.165) is 0 Å². The maximum atomic E-state index is 12.5. The van der Waals surface area contributed by atoms with Gasteiger partial charge in [-0.1, -0.05) is 0 Å². The quantitative estimate of drug-likeness (QED) is 0.257. The fraction of sp³-hybridized carbons (Fsp3) is 0. The van der Waals surface area contributed by atoms with Crippen LogP contribution in [0.4, 0.5) is 17.6 Å². The van der Waals surface area contributed by atoms with Crippen LogP contribution in [0.1, 0.15) is 0 Å². The molecular weight excluding hydrogens is 235 g/mol. The molecule has 1 atom stereocenters. The molecule has 0 N–H and O–H groups in total. The molecule has 1 aromatic carbocycles. The Hall–Kier alpha value is 0.0500. The molecular formula is C6HF4NaO2S. The molecule has 0 spiro atoms. The number of rotatable bonds is 1. The Kier molecular flexibility index (Phi) is 5.24. The zero-order valence-corrected chi connectivity index (χ0v) is 9.63. The van der Waals surface area contributed by atoms with Gasteiger partial charge in [-0.25, -0.2) is 17.6 Å². The van der Waals surface area contributed by atoms with Crippen molar-refractivity contribution in [3.8, 4) is 0 Å². The summed E-state index contributed by atoms with van der Waals surface area (Å²) in [6.45, 7) is 0. The monoisotopic (exact) mass is 236 g/mol. The predicted octanol–water partition coefficient (Wildman–Crippen LogP) is -1.51. The zero-order chi connectivity index (χ0) is 10.2. The summed E-state index contributed by atoms with van der Waals surface area (Å²) in [6, 6.07) is -0.0684. The van der Waals surface area contributed by atoms with E-state index in [0.29, 0.717) is 0 Å². The smallest absolute Gasteiger partial charge is 0.768 e. The van der Waals surface area contributed by atoms with Crippen molar-refractivity contribution in [2.75, 3.05) is 0 Å². The molecule has 0 aromatic heterocycles. The molecule has 0 fully saturated rings. The Balaban J connectivity index is 0.00000169. The second kappa shape index (κ2) is 5.22. The average molecular weight is 236 g/mol. The van der Waals surface area contributed by atoms with Gasteiger partial charge < -0.3 is 4.55 Å². The molecule has 0 heterocycles. The van der Waals surface area contributed by atoms with Gasteiger partial charge in [0.15, 0.2) is 23.3 Å². The third-order valence-electron chi connectivity index (χ3n) is 1.24. The van der Waals surface area contributed by atoms with Gasteiger partial charge >= 0.3 is 29.6 Å². The van der Waals surface area contributed by atoms with Gasteiger partial charge in [0.05, 0.1) is 0 Å². The molecule has 0 aliphatic carbocycles. The maximum Gasteiger partial charge on any atom is 1.00 e. The third-order valence-corrected chi connectivity index (χ3v) is 1.93. The van der Waals surface area contributed by atoms with Crippen LogP contribution in [-0.4, -0.2) is 8.76 Å².